The van der Waals surface area contributed by atoms with Crippen molar-refractivity contribution in [2.45, 2.75) is 62.9 Å². The number of ether oxygens (including phenoxy) is 1. The molecule has 0 aromatic heterocycles. The van der Waals surface area contributed by atoms with Gasteiger partial charge in [0, 0.05) is 13.1 Å². The fraction of sp³-hybridized carbons (Fsp3) is 0.483. The van der Waals surface area contributed by atoms with E-state index >= 15 is 0 Å². The van der Waals surface area contributed by atoms with Gasteiger partial charge in [0.2, 0.25) is 17.7 Å². The lowest BCUT2D eigenvalue weighted by Crippen LogP contribution is -2.58. The van der Waals surface area contributed by atoms with Gasteiger partial charge in [0.1, 0.15) is 11.6 Å². The standard InChI is InChI=1S/C29H35N3O5/c1-2-15-30-26(34)23-22-13-14-29(37-22)24(23)28(36)32(21(18-33)16-19-9-5-3-6-10-19)25(29)27(35)31-17-20-11-7-4-8-12-20/h3-12,21-25,33H,2,13-18H2,1H3,(H,30,34)(H,31,35)/t21-,22+,23-,24+,25?,29?/m1/s1. The third kappa shape index (κ3) is 4.53. The maximum Gasteiger partial charge on any atom is 0.246 e. The Balaban J connectivity index is 1.48. The third-order valence-electron chi connectivity index (χ3n) is 8.07. The Kier molecular flexibility index (Phi) is 7.31. The van der Waals surface area contributed by atoms with Gasteiger partial charge in [-0.05, 0) is 36.8 Å². The molecule has 5 rings (SSSR count). The number of hydrogen-bond donors (Lipinski definition) is 3. The molecule has 3 N–H and O–H groups in total. The van der Waals surface area contributed by atoms with Crippen molar-refractivity contribution >= 4 is 17.7 Å². The zero-order valence-electron chi connectivity index (χ0n) is 21.1. The highest BCUT2D eigenvalue weighted by Gasteiger charge is 2.75. The second-order valence-corrected chi connectivity index (χ2v) is 10.3. The van der Waals surface area contributed by atoms with Crippen LogP contribution in [-0.4, -0.2) is 64.7 Å². The lowest BCUT2D eigenvalue weighted by molar-refractivity contribution is -0.145. The van der Waals surface area contributed by atoms with Crippen LogP contribution in [0.15, 0.2) is 60.7 Å². The number of amides is 3. The summed E-state index contributed by atoms with van der Waals surface area (Å²) in [6, 6.07) is 17.6. The molecule has 2 aromatic carbocycles. The second kappa shape index (κ2) is 10.6. The van der Waals surface area contributed by atoms with Gasteiger partial charge in [0.25, 0.3) is 0 Å². The molecule has 0 radical (unpaired) electrons. The number of hydrogen-bond acceptors (Lipinski definition) is 5. The number of nitrogens with one attached hydrogen (secondary N) is 2. The summed E-state index contributed by atoms with van der Waals surface area (Å²) in [7, 11) is 0. The van der Waals surface area contributed by atoms with E-state index in [1.807, 2.05) is 67.6 Å². The van der Waals surface area contributed by atoms with Crippen LogP contribution in [0.5, 0.6) is 0 Å². The highest BCUT2D eigenvalue weighted by atomic mass is 16.5. The van der Waals surface area contributed by atoms with Gasteiger partial charge >= 0.3 is 0 Å². The number of aliphatic hydroxyl groups excluding tert-OH is 1. The maximum absolute atomic E-state index is 14.1. The van der Waals surface area contributed by atoms with Crippen LogP contribution in [0.4, 0.5) is 0 Å². The molecule has 0 saturated carbocycles. The predicted octanol–water partition coefficient (Wildman–Crippen LogP) is 1.81. The van der Waals surface area contributed by atoms with Gasteiger partial charge in [-0.1, -0.05) is 67.6 Å². The van der Waals surface area contributed by atoms with E-state index < -0.39 is 29.5 Å². The van der Waals surface area contributed by atoms with Crippen LogP contribution in [0.2, 0.25) is 0 Å². The van der Waals surface area contributed by atoms with Gasteiger partial charge in [-0.3, -0.25) is 14.4 Å². The van der Waals surface area contributed by atoms with Crippen molar-refractivity contribution in [2.75, 3.05) is 13.2 Å². The lowest BCUT2D eigenvalue weighted by atomic mass is 9.70. The Morgan fingerprint density at radius 1 is 1.05 bits per heavy atom. The Hall–Kier alpha value is -3.23. The fourth-order valence-corrected chi connectivity index (χ4v) is 6.47. The minimum Gasteiger partial charge on any atom is -0.394 e. The van der Waals surface area contributed by atoms with E-state index in [0.29, 0.717) is 32.4 Å². The Morgan fingerprint density at radius 3 is 2.38 bits per heavy atom. The van der Waals surface area contributed by atoms with Gasteiger partial charge in [0.15, 0.2) is 0 Å². The molecule has 196 valence electrons. The van der Waals surface area contributed by atoms with Crippen LogP contribution < -0.4 is 10.6 Å². The summed E-state index contributed by atoms with van der Waals surface area (Å²) in [4.78, 5) is 42.7. The molecular weight excluding hydrogens is 470 g/mol. The average Bonchev–Trinajstić information content (AvgIpc) is 3.57. The molecule has 1 spiro atoms. The SMILES string of the molecule is CCCNC(=O)[C@@H]1[C@@H]2CCC3(O2)C(C(=O)NCc2ccccc2)N([C@@H](CO)Cc2ccccc2)C(=O)[C@H]13. The summed E-state index contributed by atoms with van der Waals surface area (Å²) >= 11 is 0. The normalized spacial score (nSPS) is 28.7. The molecule has 8 heteroatoms. The van der Waals surface area contributed by atoms with E-state index in [1.54, 1.807) is 0 Å². The summed E-state index contributed by atoms with van der Waals surface area (Å²) in [5, 5.41) is 16.4. The fourth-order valence-electron chi connectivity index (χ4n) is 6.47. The second-order valence-electron chi connectivity index (χ2n) is 10.3. The minimum atomic E-state index is -1.08. The molecule has 37 heavy (non-hydrogen) atoms. The lowest BCUT2D eigenvalue weighted by Gasteiger charge is -2.36. The largest absolute Gasteiger partial charge is 0.394 e. The van der Waals surface area contributed by atoms with Crippen LogP contribution >= 0.6 is 0 Å². The van der Waals surface area contributed by atoms with Gasteiger partial charge in [-0.25, -0.2) is 0 Å². The minimum absolute atomic E-state index is 0.194. The molecule has 8 nitrogen and oxygen atoms in total. The molecule has 3 aliphatic rings. The molecule has 3 saturated heterocycles. The van der Waals surface area contributed by atoms with Crippen molar-refractivity contribution in [3.05, 3.63) is 71.8 Å². The average molecular weight is 506 g/mol. The molecule has 2 aromatic rings. The first-order valence-corrected chi connectivity index (χ1v) is 13.2. The molecule has 3 amide bonds. The summed E-state index contributed by atoms with van der Waals surface area (Å²) in [6.07, 6.45) is 1.93. The highest BCUT2D eigenvalue weighted by Crippen LogP contribution is 2.58. The molecule has 2 unspecified atom stereocenters. The van der Waals surface area contributed by atoms with Crippen LogP contribution in [0.25, 0.3) is 0 Å². The summed E-state index contributed by atoms with van der Waals surface area (Å²) in [5.74, 6) is -2.19. The molecule has 3 fully saturated rings. The maximum atomic E-state index is 14.1. The highest BCUT2D eigenvalue weighted by molar-refractivity contribution is 5.99. The van der Waals surface area contributed by atoms with Gasteiger partial charge in [-0.2, -0.15) is 0 Å². The summed E-state index contributed by atoms with van der Waals surface area (Å²) < 4.78 is 6.46. The number of carbonyl (C=O) groups is 3. The Labute approximate surface area is 217 Å². The number of aliphatic hydroxyl groups is 1. The van der Waals surface area contributed by atoms with Crippen molar-refractivity contribution in [3.8, 4) is 0 Å². The van der Waals surface area contributed by atoms with E-state index in [1.165, 1.54) is 4.90 Å². The monoisotopic (exact) mass is 505 g/mol. The summed E-state index contributed by atoms with van der Waals surface area (Å²) in [6.45, 7) is 2.51. The first-order valence-electron chi connectivity index (χ1n) is 13.2. The van der Waals surface area contributed by atoms with Gasteiger partial charge < -0.3 is 25.4 Å². The number of nitrogens with zero attached hydrogens (tertiary/aromatic N) is 1. The van der Waals surface area contributed by atoms with E-state index in [9.17, 15) is 19.5 Å². The van der Waals surface area contributed by atoms with Crippen LogP contribution in [-0.2, 0) is 32.1 Å². The molecular formula is C29H35N3O5. The number of benzene rings is 2. The van der Waals surface area contributed by atoms with Crippen molar-refractivity contribution < 1.29 is 24.2 Å². The molecule has 0 aliphatic carbocycles. The summed E-state index contributed by atoms with van der Waals surface area (Å²) in [5.41, 5.74) is 0.813. The van der Waals surface area contributed by atoms with Gasteiger partial charge in [-0.15, -0.1) is 0 Å². The number of carbonyl (C=O) groups excluding carboxylic acids is 3. The van der Waals surface area contributed by atoms with Crippen molar-refractivity contribution in [2.24, 2.45) is 11.8 Å². The Morgan fingerprint density at radius 2 is 1.73 bits per heavy atom. The zero-order chi connectivity index (χ0) is 26.0. The third-order valence-corrected chi connectivity index (χ3v) is 8.07. The molecule has 3 heterocycles. The van der Waals surface area contributed by atoms with Gasteiger partial charge in [0.05, 0.1) is 30.6 Å². The van der Waals surface area contributed by atoms with Crippen LogP contribution in [0, 0.1) is 11.8 Å². The van der Waals surface area contributed by atoms with Crippen LogP contribution in [0.1, 0.15) is 37.3 Å². The van der Waals surface area contributed by atoms with E-state index in [0.717, 1.165) is 17.5 Å². The molecule has 6 atom stereocenters. The van der Waals surface area contributed by atoms with Crippen molar-refractivity contribution in [1.82, 2.24) is 15.5 Å². The molecule has 3 aliphatic heterocycles. The van der Waals surface area contributed by atoms with E-state index in [-0.39, 0.29) is 30.4 Å². The number of likely N-dealkylation sites (tertiary alicyclic amines) is 1. The first kappa shape index (κ1) is 25.4. The van der Waals surface area contributed by atoms with E-state index in [4.69, 9.17) is 4.74 Å². The van der Waals surface area contributed by atoms with E-state index in [2.05, 4.69) is 10.6 Å². The zero-order valence-corrected chi connectivity index (χ0v) is 21.1. The first-order chi connectivity index (χ1) is 18.0. The topological polar surface area (TPSA) is 108 Å². The number of fused-ring (bicyclic) bond motifs is 1. The number of rotatable bonds is 10. The quantitative estimate of drug-likeness (QED) is 0.457. The van der Waals surface area contributed by atoms with Crippen LogP contribution in [0.3, 0.4) is 0 Å². The predicted molar refractivity (Wildman–Crippen MR) is 137 cm³/mol. The van der Waals surface area contributed by atoms with Crippen molar-refractivity contribution in [3.63, 3.8) is 0 Å². The smallest absolute Gasteiger partial charge is 0.246 e. The van der Waals surface area contributed by atoms with Crippen molar-refractivity contribution in [1.29, 1.82) is 0 Å². The molecule has 2 bridgehead atoms. The Bertz CT molecular complexity index is 1130.